The number of carbonyl (C=O) groups excluding carboxylic acids is 1. The summed E-state index contributed by atoms with van der Waals surface area (Å²) < 4.78 is 5.60. The molecule has 1 aromatic carbocycles. The van der Waals surface area contributed by atoms with Crippen LogP contribution in [0.2, 0.25) is 5.02 Å². The molecule has 0 radical (unpaired) electrons. The van der Waals surface area contributed by atoms with E-state index < -0.39 is 11.7 Å². The number of aromatic nitrogens is 2. The molecule has 0 unspecified atom stereocenters. The highest BCUT2D eigenvalue weighted by Crippen LogP contribution is 2.13. The molecular formula is C10H7ClN2O3. The average molecular weight is 239 g/mol. The summed E-state index contributed by atoms with van der Waals surface area (Å²) in [7, 11) is 0. The minimum Gasteiger partial charge on any atom is -0.539 e. The summed E-state index contributed by atoms with van der Waals surface area (Å²) in [5, 5.41) is 15.3. The number of hydrogen-bond acceptors (Lipinski definition) is 4. The van der Waals surface area contributed by atoms with Gasteiger partial charge in [0, 0.05) is 24.1 Å². The zero-order valence-corrected chi connectivity index (χ0v) is 9.06. The first-order valence-electron chi connectivity index (χ1n) is 4.45. The molecule has 2 rings (SSSR count). The molecular weight excluding hydrogens is 232 g/mol. The van der Waals surface area contributed by atoms with Gasteiger partial charge in [0.15, 0.2) is 5.95 Å². The van der Waals surface area contributed by atoms with Gasteiger partial charge in [0.05, 0.1) is 5.27 Å². The molecule has 6 heteroatoms. The van der Waals surface area contributed by atoms with E-state index in [-0.39, 0.29) is 5.69 Å². The van der Waals surface area contributed by atoms with Gasteiger partial charge >= 0.3 is 5.69 Å². The Balaban J connectivity index is 2.56. The van der Waals surface area contributed by atoms with E-state index in [9.17, 15) is 9.90 Å². The molecule has 1 heterocycles. The van der Waals surface area contributed by atoms with Crippen molar-refractivity contribution in [2.24, 2.45) is 0 Å². The fraction of sp³-hybridized carbons (Fsp3) is 0.100. The summed E-state index contributed by atoms with van der Waals surface area (Å²) in [5.74, 6) is -1.15. The van der Waals surface area contributed by atoms with Gasteiger partial charge in [0.1, 0.15) is 0 Å². The minimum absolute atomic E-state index is 0.109. The van der Waals surface area contributed by atoms with Gasteiger partial charge in [-0.25, -0.2) is 0 Å². The predicted octanol–water partition coefficient (Wildman–Crippen LogP) is 0.881. The third-order valence-corrected chi connectivity index (χ3v) is 2.27. The molecule has 0 fully saturated rings. The highest BCUT2D eigenvalue weighted by atomic mass is 35.5. The fourth-order valence-electron chi connectivity index (χ4n) is 1.30. The smallest absolute Gasteiger partial charge is 0.305 e. The highest BCUT2D eigenvalue weighted by Gasteiger charge is 2.24. The lowest BCUT2D eigenvalue weighted by molar-refractivity contribution is -0.672. The van der Waals surface area contributed by atoms with Gasteiger partial charge in [0.2, 0.25) is 11.5 Å². The van der Waals surface area contributed by atoms with Crippen LogP contribution in [0.4, 0.5) is 0 Å². The molecule has 82 valence electrons. The third kappa shape index (κ3) is 1.77. The van der Waals surface area contributed by atoms with Crippen LogP contribution in [0.3, 0.4) is 0 Å². The normalized spacial score (nSPS) is 10.4. The molecule has 0 saturated carbocycles. The van der Waals surface area contributed by atoms with Crippen LogP contribution in [0.15, 0.2) is 28.8 Å². The first kappa shape index (κ1) is 10.6. The monoisotopic (exact) mass is 238 g/mol. The van der Waals surface area contributed by atoms with Crippen LogP contribution in [0.25, 0.3) is 5.69 Å². The van der Waals surface area contributed by atoms with Gasteiger partial charge in [0.25, 0.3) is 0 Å². The van der Waals surface area contributed by atoms with Crippen molar-refractivity contribution in [2.75, 3.05) is 0 Å². The molecule has 16 heavy (non-hydrogen) atoms. The lowest BCUT2D eigenvalue weighted by atomic mass is 10.3. The van der Waals surface area contributed by atoms with E-state index in [0.717, 1.165) is 4.68 Å². The number of halogens is 1. The maximum absolute atomic E-state index is 11.2. The van der Waals surface area contributed by atoms with Crippen LogP contribution in [0.5, 0.6) is 5.95 Å². The van der Waals surface area contributed by atoms with Crippen molar-refractivity contribution in [3.05, 3.63) is 35.0 Å². The SMILES string of the molecule is CC(=O)c1c([O-])on[n+]1-c1ccc(Cl)cc1. The van der Waals surface area contributed by atoms with E-state index >= 15 is 0 Å². The number of nitrogens with zero attached hydrogens (tertiary/aromatic N) is 2. The number of carbonyl (C=O) groups is 1. The Morgan fingerprint density at radius 1 is 1.44 bits per heavy atom. The molecule has 5 nitrogen and oxygen atoms in total. The molecule has 0 N–H and O–H groups in total. The van der Waals surface area contributed by atoms with E-state index in [4.69, 9.17) is 11.6 Å². The van der Waals surface area contributed by atoms with Gasteiger partial charge < -0.3 is 9.63 Å². The Labute approximate surface area is 95.8 Å². The van der Waals surface area contributed by atoms with Crippen LogP contribution in [-0.4, -0.2) is 11.1 Å². The van der Waals surface area contributed by atoms with Crippen molar-refractivity contribution in [3.8, 4) is 11.6 Å². The van der Waals surface area contributed by atoms with Crippen molar-refractivity contribution < 1.29 is 19.1 Å². The third-order valence-electron chi connectivity index (χ3n) is 2.02. The van der Waals surface area contributed by atoms with Crippen LogP contribution >= 0.6 is 11.6 Å². The van der Waals surface area contributed by atoms with Gasteiger partial charge in [-0.15, -0.1) is 0 Å². The van der Waals surface area contributed by atoms with Crippen LogP contribution in [0, 0.1) is 0 Å². The average Bonchev–Trinajstić information content (AvgIpc) is 2.61. The van der Waals surface area contributed by atoms with E-state index in [1.54, 1.807) is 24.3 Å². The van der Waals surface area contributed by atoms with Gasteiger partial charge in [-0.2, -0.15) is 0 Å². The Bertz CT molecular complexity index is 533. The van der Waals surface area contributed by atoms with Crippen molar-refractivity contribution in [3.63, 3.8) is 0 Å². The van der Waals surface area contributed by atoms with E-state index in [1.807, 2.05) is 0 Å². The molecule has 0 atom stereocenters. The van der Waals surface area contributed by atoms with E-state index in [2.05, 4.69) is 9.79 Å². The molecule has 0 aliphatic rings. The summed E-state index contributed by atoms with van der Waals surface area (Å²) in [5.41, 5.74) is 0.433. The molecule has 0 aliphatic heterocycles. The number of ketones is 1. The Hall–Kier alpha value is -1.88. The minimum atomic E-state index is -0.748. The van der Waals surface area contributed by atoms with E-state index in [1.165, 1.54) is 6.92 Å². The zero-order valence-electron chi connectivity index (χ0n) is 8.31. The highest BCUT2D eigenvalue weighted by molar-refractivity contribution is 6.30. The van der Waals surface area contributed by atoms with Crippen LogP contribution < -0.4 is 9.79 Å². The lowest BCUT2D eigenvalue weighted by Gasteiger charge is -1.93. The summed E-state index contributed by atoms with van der Waals surface area (Å²) in [4.78, 5) is 11.2. The van der Waals surface area contributed by atoms with E-state index in [0.29, 0.717) is 10.7 Å². The molecule has 0 bridgehead atoms. The summed E-state index contributed by atoms with van der Waals surface area (Å²) in [6.07, 6.45) is 0. The maximum atomic E-state index is 11.2. The Morgan fingerprint density at radius 3 is 2.62 bits per heavy atom. The summed E-state index contributed by atoms with van der Waals surface area (Å²) >= 11 is 5.72. The zero-order chi connectivity index (χ0) is 11.7. The molecule has 0 aliphatic carbocycles. The quantitative estimate of drug-likeness (QED) is 0.575. The topological polar surface area (TPSA) is 70.0 Å². The first-order valence-corrected chi connectivity index (χ1v) is 4.83. The molecule has 1 aromatic heterocycles. The second-order valence-corrected chi connectivity index (χ2v) is 3.59. The van der Waals surface area contributed by atoms with Crippen molar-refractivity contribution >= 4 is 17.4 Å². The van der Waals surface area contributed by atoms with Crippen molar-refractivity contribution in [1.29, 1.82) is 0 Å². The largest absolute Gasteiger partial charge is 0.539 e. The van der Waals surface area contributed by atoms with Crippen LogP contribution in [-0.2, 0) is 0 Å². The summed E-state index contributed by atoms with van der Waals surface area (Å²) in [6, 6.07) is 6.54. The molecule has 2 aromatic rings. The second kappa shape index (κ2) is 3.94. The predicted molar refractivity (Wildman–Crippen MR) is 52.5 cm³/mol. The Morgan fingerprint density at radius 2 is 2.06 bits per heavy atom. The van der Waals surface area contributed by atoms with Crippen LogP contribution in [0.1, 0.15) is 17.4 Å². The standard InChI is InChI=1S/C10H7ClN2O3/c1-6(14)9-10(15)16-12-13(9)8-4-2-7(11)3-5-8/h2-5H,1H3. The number of hydrogen-bond donors (Lipinski definition) is 0. The fourth-order valence-corrected chi connectivity index (χ4v) is 1.43. The summed E-state index contributed by atoms with van der Waals surface area (Å²) in [6.45, 7) is 1.28. The molecule has 0 saturated heterocycles. The van der Waals surface area contributed by atoms with Gasteiger partial charge in [-0.05, 0) is 16.8 Å². The van der Waals surface area contributed by atoms with Crippen molar-refractivity contribution in [1.82, 2.24) is 5.27 Å². The first-order chi connectivity index (χ1) is 7.59. The molecule has 0 amide bonds. The van der Waals surface area contributed by atoms with Crippen molar-refractivity contribution in [2.45, 2.75) is 6.92 Å². The van der Waals surface area contributed by atoms with Gasteiger partial charge in [-0.1, -0.05) is 11.6 Å². The Kier molecular flexibility index (Phi) is 2.62. The molecule has 0 spiro atoms. The number of benzene rings is 1. The lowest BCUT2D eigenvalue weighted by Crippen LogP contribution is -2.38. The van der Waals surface area contributed by atoms with Gasteiger partial charge in [-0.3, -0.25) is 4.79 Å². The second-order valence-electron chi connectivity index (χ2n) is 3.15. The maximum Gasteiger partial charge on any atom is 0.305 e. The number of Topliss-reactive ketones (excluding diaryl/α,β-unsaturated/α-hetero) is 1. The number of rotatable bonds is 2.